The van der Waals surface area contributed by atoms with Crippen molar-refractivity contribution in [2.24, 2.45) is 0 Å². The van der Waals surface area contributed by atoms with Gasteiger partial charge in [0.05, 0.1) is 12.8 Å². The normalized spacial score (nSPS) is 12.4. The maximum atomic E-state index is 10.3. The molecule has 2 rings (SSSR count). The molecule has 0 amide bonds. The Morgan fingerprint density at radius 3 is 1.84 bits per heavy atom. The summed E-state index contributed by atoms with van der Waals surface area (Å²) in [7, 11) is 0. The van der Waals surface area contributed by atoms with Gasteiger partial charge in [-0.3, -0.25) is 9.59 Å². The fourth-order valence-corrected chi connectivity index (χ4v) is 3.49. The van der Waals surface area contributed by atoms with E-state index >= 15 is 0 Å². The molecule has 38 heavy (non-hydrogen) atoms. The van der Waals surface area contributed by atoms with Gasteiger partial charge in [-0.2, -0.15) is 0 Å². The van der Waals surface area contributed by atoms with Gasteiger partial charge in [-0.15, -0.1) is 0 Å². The van der Waals surface area contributed by atoms with Crippen molar-refractivity contribution < 1.29 is 54.5 Å². The SMILES string of the molecule is CCNC(C)Cc1ccc2c(c1)OCO2.O=C(O)CC(O)(CC(=O)O)C(=O)O.OCCCCCCCCO. The molecular formula is C26H43NO11. The largest absolute Gasteiger partial charge is 0.481 e. The van der Waals surface area contributed by atoms with Gasteiger partial charge in [-0.05, 0) is 50.4 Å². The number of hydrogen-bond donors (Lipinski definition) is 7. The van der Waals surface area contributed by atoms with Crippen molar-refractivity contribution in [1.82, 2.24) is 5.32 Å². The van der Waals surface area contributed by atoms with Crippen LogP contribution in [0.2, 0.25) is 0 Å². The fraction of sp³-hybridized carbons (Fsp3) is 0.654. The molecule has 0 saturated carbocycles. The van der Waals surface area contributed by atoms with Crippen LogP contribution >= 0.6 is 0 Å². The molecule has 1 aliphatic rings. The Balaban J connectivity index is 0.000000554. The van der Waals surface area contributed by atoms with Gasteiger partial charge in [0, 0.05) is 19.3 Å². The van der Waals surface area contributed by atoms with Gasteiger partial charge in [-0.1, -0.05) is 38.7 Å². The molecule has 0 fully saturated rings. The molecule has 1 aliphatic heterocycles. The number of fused-ring (bicyclic) bond motifs is 1. The predicted octanol–water partition coefficient (Wildman–Crippen LogP) is 2.02. The molecule has 0 bridgehead atoms. The van der Waals surface area contributed by atoms with Crippen molar-refractivity contribution >= 4 is 17.9 Å². The molecule has 1 aromatic rings. The third-order valence-electron chi connectivity index (χ3n) is 5.38. The van der Waals surface area contributed by atoms with Crippen molar-refractivity contribution in [2.75, 3.05) is 26.6 Å². The van der Waals surface area contributed by atoms with Crippen LogP contribution in [-0.4, -0.2) is 86.7 Å². The molecular weight excluding hydrogens is 502 g/mol. The lowest BCUT2D eigenvalue weighted by Crippen LogP contribution is -2.42. The molecule has 7 N–H and O–H groups in total. The average molecular weight is 546 g/mol. The molecule has 12 nitrogen and oxygen atoms in total. The Morgan fingerprint density at radius 1 is 0.895 bits per heavy atom. The minimum Gasteiger partial charge on any atom is -0.481 e. The maximum absolute atomic E-state index is 10.3. The molecule has 0 saturated heterocycles. The van der Waals surface area contributed by atoms with Gasteiger partial charge in [0.2, 0.25) is 6.79 Å². The Bertz CT molecular complexity index is 807. The Morgan fingerprint density at radius 2 is 1.39 bits per heavy atom. The van der Waals surface area contributed by atoms with Crippen LogP contribution in [0.5, 0.6) is 11.5 Å². The highest BCUT2D eigenvalue weighted by molar-refractivity contribution is 5.88. The maximum Gasteiger partial charge on any atom is 0.336 e. The number of benzene rings is 1. The molecule has 1 atom stereocenters. The smallest absolute Gasteiger partial charge is 0.336 e. The number of hydrogen-bond acceptors (Lipinski definition) is 9. The Labute approximate surface area is 223 Å². The fourth-order valence-electron chi connectivity index (χ4n) is 3.49. The minimum atomic E-state index is -2.74. The van der Waals surface area contributed by atoms with E-state index in [0.29, 0.717) is 26.0 Å². The summed E-state index contributed by atoms with van der Waals surface area (Å²) in [6.07, 6.45) is 5.23. The summed E-state index contributed by atoms with van der Waals surface area (Å²) in [4.78, 5) is 30.5. The van der Waals surface area contributed by atoms with Crippen molar-refractivity contribution in [3.8, 4) is 11.5 Å². The number of carbonyl (C=O) groups is 3. The monoisotopic (exact) mass is 545 g/mol. The molecule has 0 aromatic heterocycles. The van der Waals surface area contributed by atoms with Crippen LogP contribution in [0, 0.1) is 0 Å². The van der Waals surface area contributed by atoms with Crippen molar-refractivity contribution in [2.45, 2.75) is 83.3 Å². The lowest BCUT2D eigenvalue weighted by molar-refractivity contribution is -0.170. The standard InChI is InChI=1S/C12H17NO2.C8H18O2.C6H8O7/c1-3-13-9(2)6-10-4-5-11-12(7-10)15-8-14-11;9-7-5-3-1-2-4-6-8-10;7-3(8)1-6(13,5(11)12)2-4(9)10/h4-5,7,9,13H,3,6,8H2,1-2H3;9-10H,1-8H2;13H,1-2H2,(H,7,8)(H,9,10)(H,11,12). The first kappa shape index (κ1) is 35.1. The third-order valence-corrected chi connectivity index (χ3v) is 5.38. The number of likely N-dealkylation sites (N-methyl/N-ethyl adjacent to an activating group) is 1. The average Bonchev–Trinajstić information content (AvgIpc) is 3.29. The van der Waals surface area contributed by atoms with E-state index in [2.05, 4.69) is 31.3 Å². The van der Waals surface area contributed by atoms with Gasteiger partial charge < -0.3 is 45.4 Å². The van der Waals surface area contributed by atoms with Gasteiger partial charge in [0.25, 0.3) is 0 Å². The Kier molecular flexibility index (Phi) is 18.5. The summed E-state index contributed by atoms with van der Waals surface area (Å²) in [6.45, 7) is 6.30. The van der Waals surface area contributed by atoms with Gasteiger partial charge in [0.1, 0.15) is 0 Å². The topological polar surface area (TPSA) is 203 Å². The molecule has 1 aromatic carbocycles. The van der Waals surface area contributed by atoms with Gasteiger partial charge in [0.15, 0.2) is 17.1 Å². The van der Waals surface area contributed by atoms with Crippen LogP contribution < -0.4 is 14.8 Å². The molecule has 0 aliphatic carbocycles. The summed E-state index contributed by atoms with van der Waals surface area (Å²) in [6, 6.07) is 6.64. The number of carboxylic acids is 3. The van der Waals surface area contributed by atoms with E-state index in [1.165, 1.54) is 18.4 Å². The highest BCUT2D eigenvalue weighted by Crippen LogP contribution is 2.32. The first-order valence-corrected chi connectivity index (χ1v) is 12.7. The zero-order valence-electron chi connectivity index (χ0n) is 22.2. The number of rotatable bonds is 16. The van der Waals surface area contributed by atoms with Gasteiger partial charge in [-0.25, -0.2) is 4.79 Å². The predicted molar refractivity (Wildman–Crippen MR) is 138 cm³/mol. The zero-order valence-corrected chi connectivity index (χ0v) is 22.2. The number of carboxylic acid groups (broad SMARTS) is 3. The lowest BCUT2D eigenvalue weighted by atomic mass is 9.96. The van der Waals surface area contributed by atoms with Crippen molar-refractivity contribution in [1.29, 1.82) is 0 Å². The molecule has 1 unspecified atom stereocenters. The zero-order chi connectivity index (χ0) is 29.0. The van der Waals surface area contributed by atoms with E-state index in [4.69, 9.17) is 40.1 Å². The lowest BCUT2D eigenvalue weighted by Gasteiger charge is -2.18. The molecule has 218 valence electrons. The quantitative estimate of drug-likeness (QED) is 0.149. The second-order valence-electron chi connectivity index (χ2n) is 8.90. The van der Waals surface area contributed by atoms with Crippen molar-refractivity contribution in [3.63, 3.8) is 0 Å². The second kappa shape index (κ2) is 20.1. The number of aliphatic carboxylic acids is 3. The van der Waals surface area contributed by atoms with Crippen molar-refractivity contribution in [3.05, 3.63) is 23.8 Å². The van der Waals surface area contributed by atoms with Crippen LogP contribution in [-0.2, 0) is 20.8 Å². The molecule has 12 heteroatoms. The third kappa shape index (κ3) is 16.0. The number of aliphatic hydroxyl groups excluding tert-OH is 2. The van der Waals surface area contributed by atoms with Crippen LogP contribution in [0.25, 0.3) is 0 Å². The van der Waals surface area contributed by atoms with E-state index in [1.54, 1.807) is 0 Å². The highest BCUT2D eigenvalue weighted by Gasteiger charge is 2.40. The second-order valence-corrected chi connectivity index (χ2v) is 8.90. The van der Waals surface area contributed by atoms with Crippen LogP contribution in [0.1, 0.15) is 70.8 Å². The number of ether oxygens (including phenoxy) is 2. The van der Waals surface area contributed by atoms with Crippen LogP contribution in [0.15, 0.2) is 18.2 Å². The Hall–Kier alpha value is -2.93. The number of aliphatic hydroxyl groups is 3. The number of nitrogens with one attached hydrogen (secondary N) is 1. The van der Waals surface area contributed by atoms with E-state index < -0.39 is 36.4 Å². The van der Waals surface area contributed by atoms with E-state index in [0.717, 1.165) is 50.1 Å². The van der Waals surface area contributed by atoms with Crippen LogP contribution in [0.3, 0.4) is 0 Å². The summed E-state index contributed by atoms with van der Waals surface area (Å²) in [5.74, 6) is -3.29. The molecule has 0 radical (unpaired) electrons. The number of unbranched alkanes of at least 4 members (excludes halogenated alkanes) is 5. The van der Waals surface area contributed by atoms with Gasteiger partial charge >= 0.3 is 17.9 Å². The van der Waals surface area contributed by atoms with E-state index in [1.807, 2.05) is 6.07 Å². The van der Waals surface area contributed by atoms with E-state index in [9.17, 15) is 14.4 Å². The first-order valence-electron chi connectivity index (χ1n) is 12.7. The highest BCUT2D eigenvalue weighted by atomic mass is 16.7. The first-order chi connectivity index (χ1) is 18.0. The summed E-state index contributed by atoms with van der Waals surface area (Å²) in [5, 5.41) is 54.1. The summed E-state index contributed by atoms with van der Waals surface area (Å²) < 4.78 is 10.6. The molecule has 0 spiro atoms. The molecule has 1 heterocycles. The summed E-state index contributed by atoms with van der Waals surface area (Å²) in [5.41, 5.74) is -1.45. The summed E-state index contributed by atoms with van der Waals surface area (Å²) >= 11 is 0. The van der Waals surface area contributed by atoms with Crippen LogP contribution in [0.4, 0.5) is 0 Å². The van der Waals surface area contributed by atoms with E-state index in [-0.39, 0.29) is 0 Å². The minimum absolute atomic E-state index is 0.319.